The molecule has 3 N–H and O–H groups in total. The van der Waals surface area contributed by atoms with Crippen LogP contribution >= 0.6 is 0 Å². The van der Waals surface area contributed by atoms with Gasteiger partial charge in [-0.1, -0.05) is 48.0 Å². The molecule has 2 aromatic carbocycles. The average molecular weight is 395 g/mol. The SMILES string of the molecule is Cc1cc(C)c(CNC(=O)N2CCN(C(C(N)=O)c3ccccc3)CC2)c(C)c1. The Morgan fingerprint density at radius 1 is 1.00 bits per heavy atom. The minimum atomic E-state index is -0.459. The van der Waals surface area contributed by atoms with E-state index < -0.39 is 6.04 Å². The van der Waals surface area contributed by atoms with Crippen molar-refractivity contribution in [2.24, 2.45) is 5.73 Å². The minimum Gasteiger partial charge on any atom is -0.368 e. The minimum absolute atomic E-state index is 0.0700. The number of carbonyl (C=O) groups is 2. The largest absolute Gasteiger partial charge is 0.368 e. The number of rotatable bonds is 5. The van der Waals surface area contributed by atoms with Crippen LogP contribution in [0.3, 0.4) is 0 Å². The maximum Gasteiger partial charge on any atom is 0.317 e. The molecule has 1 unspecified atom stereocenters. The zero-order valence-corrected chi connectivity index (χ0v) is 17.4. The first-order valence-electron chi connectivity index (χ1n) is 10.0. The van der Waals surface area contributed by atoms with E-state index in [-0.39, 0.29) is 11.9 Å². The molecule has 0 spiro atoms. The first-order chi connectivity index (χ1) is 13.9. The van der Waals surface area contributed by atoms with Gasteiger partial charge >= 0.3 is 6.03 Å². The molecule has 1 fully saturated rings. The summed E-state index contributed by atoms with van der Waals surface area (Å²) in [6, 6.07) is 13.3. The Kier molecular flexibility index (Phi) is 6.54. The smallest absolute Gasteiger partial charge is 0.317 e. The molecule has 0 aliphatic carbocycles. The Morgan fingerprint density at radius 3 is 2.14 bits per heavy atom. The maximum atomic E-state index is 12.6. The van der Waals surface area contributed by atoms with E-state index in [0.29, 0.717) is 32.7 Å². The number of carbonyl (C=O) groups excluding carboxylic acids is 2. The molecule has 6 nitrogen and oxygen atoms in total. The molecule has 1 aliphatic rings. The van der Waals surface area contributed by atoms with Crippen LogP contribution in [-0.4, -0.2) is 47.9 Å². The number of primary amides is 1. The van der Waals surface area contributed by atoms with Gasteiger partial charge in [0.1, 0.15) is 6.04 Å². The summed E-state index contributed by atoms with van der Waals surface area (Å²) in [6.07, 6.45) is 0. The molecule has 3 rings (SSSR count). The number of nitrogens with two attached hydrogens (primary N) is 1. The fourth-order valence-electron chi connectivity index (χ4n) is 4.14. The molecule has 0 saturated carbocycles. The van der Waals surface area contributed by atoms with Crippen LogP contribution in [0.1, 0.15) is 33.9 Å². The summed E-state index contributed by atoms with van der Waals surface area (Å²) in [6.45, 7) is 9.10. The number of benzene rings is 2. The molecule has 0 bridgehead atoms. The lowest BCUT2D eigenvalue weighted by atomic mass is 10.00. The zero-order valence-electron chi connectivity index (χ0n) is 17.4. The number of aryl methyl sites for hydroxylation is 3. The van der Waals surface area contributed by atoms with Crippen molar-refractivity contribution in [2.45, 2.75) is 33.4 Å². The Balaban J connectivity index is 1.57. The van der Waals surface area contributed by atoms with E-state index in [1.165, 1.54) is 22.3 Å². The summed E-state index contributed by atoms with van der Waals surface area (Å²) >= 11 is 0. The molecule has 6 heteroatoms. The second-order valence-corrected chi connectivity index (χ2v) is 7.77. The molecule has 1 aliphatic heterocycles. The number of piperazine rings is 1. The lowest BCUT2D eigenvalue weighted by Crippen LogP contribution is -2.54. The van der Waals surface area contributed by atoms with Crippen molar-refractivity contribution in [1.29, 1.82) is 0 Å². The number of hydrogen-bond donors (Lipinski definition) is 2. The van der Waals surface area contributed by atoms with Crippen LogP contribution in [0.2, 0.25) is 0 Å². The standard InChI is InChI=1S/C23H30N4O2/c1-16-13-17(2)20(18(3)14-16)15-25-23(29)27-11-9-26(10-12-27)21(22(24)28)19-7-5-4-6-8-19/h4-8,13-14,21H,9-12,15H2,1-3H3,(H2,24,28)(H,25,29). The molecule has 1 atom stereocenters. The number of amides is 3. The van der Waals surface area contributed by atoms with Gasteiger partial charge in [0.05, 0.1) is 0 Å². The number of urea groups is 1. The van der Waals surface area contributed by atoms with E-state index in [1.807, 2.05) is 30.3 Å². The van der Waals surface area contributed by atoms with Crippen molar-refractivity contribution in [3.63, 3.8) is 0 Å². The van der Waals surface area contributed by atoms with Gasteiger partial charge in [-0.2, -0.15) is 0 Å². The fourth-order valence-corrected chi connectivity index (χ4v) is 4.14. The summed E-state index contributed by atoms with van der Waals surface area (Å²) < 4.78 is 0. The number of nitrogens with one attached hydrogen (secondary N) is 1. The Hall–Kier alpha value is -2.86. The van der Waals surface area contributed by atoms with E-state index in [4.69, 9.17) is 5.73 Å². The van der Waals surface area contributed by atoms with E-state index >= 15 is 0 Å². The van der Waals surface area contributed by atoms with Gasteiger partial charge in [-0.3, -0.25) is 9.69 Å². The third kappa shape index (κ3) is 4.95. The molecule has 0 radical (unpaired) electrons. The molecule has 154 valence electrons. The average Bonchev–Trinajstić information content (AvgIpc) is 2.68. The molecule has 1 heterocycles. The Labute approximate surface area is 172 Å². The van der Waals surface area contributed by atoms with Crippen molar-refractivity contribution >= 4 is 11.9 Å². The van der Waals surface area contributed by atoms with Crippen LogP contribution in [-0.2, 0) is 11.3 Å². The summed E-state index contributed by atoms with van der Waals surface area (Å²) in [5, 5.41) is 3.05. The number of nitrogens with zero attached hydrogens (tertiary/aromatic N) is 2. The highest BCUT2D eigenvalue weighted by Gasteiger charge is 2.30. The summed E-state index contributed by atoms with van der Waals surface area (Å²) in [5.41, 5.74) is 11.3. The highest BCUT2D eigenvalue weighted by molar-refractivity contribution is 5.81. The third-order valence-electron chi connectivity index (χ3n) is 5.61. The van der Waals surface area contributed by atoms with Gasteiger partial charge < -0.3 is 16.0 Å². The first kappa shape index (κ1) is 20.9. The summed E-state index contributed by atoms with van der Waals surface area (Å²) in [7, 11) is 0. The van der Waals surface area contributed by atoms with Crippen LogP contribution in [0.15, 0.2) is 42.5 Å². The van der Waals surface area contributed by atoms with Gasteiger partial charge in [-0.25, -0.2) is 4.79 Å². The van der Waals surface area contributed by atoms with Crippen molar-refractivity contribution in [3.8, 4) is 0 Å². The van der Waals surface area contributed by atoms with E-state index in [9.17, 15) is 9.59 Å². The van der Waals surface area contributed by atoms with Crippen LogP contribution in [0, 0.1) is 20.8 Å². The Morgan fingerprint density at radius 2 is 1.59 bits per heavy atom. The van der Waals surface area contributed by atoms with Gasteiger partial charge in [0.2, 0.25) is 5.91 Å². The molecule has 0 aromatic heterocycles. The lowest BCUT2D eigenvalue weighted by Gasteiger charge is -2.38. The van der Waals surface area contributed by atoms with Crippen molar-refractivity contribution in [1.82, 2.24) is 15.1 Å². The molecule has 2 aromatic rings. The van der Waals surface area contributed by atoms with E-state index in [1.54, 1.807) is 4.90 Å². The van der Waals surface area contributed by atoms with Gasteiger partial charge in [-0.15, -0.1) is 0 Å². The second-order valence-electron chi connectivity index (χ2n) is 7.77. The molecule has 29 heavy (non-hydrogen) atoms. The predicted molar refractivity (Wildman–Crippen MR) is 114 cm³/mol. The quantitative estimate of drug-likeness (QED) is 0.818. The van der Waals surface area contributed by atoms with Crippen LogP contribution in [0.5, 0.6) is 0 Å². The number of hydrogen-bond acceptors (Lipinski definition) is 3. The van der Waals surface area contributed by atoms with Crippen molar-refractivity contribution < 1.29 is 9.59 Å². The molecular weight excluding hydrogens is 364 g/mol. The van der Waals surface area contributed by atoms with Crippen molar-refractivity contribution in [2.75, 3.05) is 26.2 Å². The summed E-state index contributed by atoms with van der Waals surface area (Å²) in [5.74, 6) is -0.362. The van der Waals surface area contributed by atoms with E-state index in [2.05, 4.69) is 43.1 Å². The fraction of sp³-hybridized carbons (Fsp3) is 0.391. The highest BCUT2D eigenvalue weighted by Crippen LogP contribution is 2.22. The van der Waals surface area contributed by atoms with Crippen LogP contribution in [0.4, 0.5) is 4.79 Å². The highest BCUT2D eigenvalue weighted by atomic mass is 16.2. The zero-order chi connectivity index (χ0) is 21.0. The van der Waals surface area contributed by atoms with Gasteiger partial charge in [0.25, 0.3) is 0 Å². The lowest BCUT2D eigenvalue weighted by molar-refractivity contribution is -0.124. The van der Waals surface area contributed by atoms with Gasteiger partial charge in [-0.05, 0) is 43.0 Å². The molecule has 3 amide bonds. The van der Waals surface area contributed by atoms with Gasteiger partial charge in [0, 0.05) is 32.7 Å². The third-order valence-corrected chi connectivity index (χ3v) is 5.61. The van der Waals surface area contributed by atoms with Crippen LogP contribution in [0.25, 0.3) is 0 Å². The monoisotopic (exact) mass is 394 g/mol. The predicted octanol–water partition coefficient (Wildman–Crippen LogP) is 2.67. The molecular formula is C23H30N4O2. The van der Waals surface area contributed by atoms with Gasteiger partial charge in [0.15, 0.2) is 0 Å². The maximum absolute atomic E-state index is 12.6. The van der Waals surface area contributed by atoms with Crippen LogP contribution < -0.4 is 11.1 Å². The molecule has 1 saturated heterocycles. The van der Waals surface area contributed by atoms with Crippen molar-refractivity contribution in [3.05, 3.63) is 70.3 Å². The first-order valence-corrected chi connectivity index (χ1v) is 10.0. The van der Waals surface area contributed by atoms with E-state index in [0.717, 1.165) is 5.56 Å². The normalized spacial score (nSPS) is 15.8. The summed E-state index contributed by atoms with van der Waals surface area (Å²) in [4.78, 5) is 28.6. The second kappa shape index (κ2) is 9.09. The topological polar surface area (TPSA) is 78.7 Å². The Bertz CT molecular complexity index is 851.